The number of carbonyl (C=O) groups is 1. The molecule has 1 rings (SSSR count). The molecule has 1 saturated heterocycles. The fourth-order valence-corrected chi connectivity index (χ4v) is 1.89. The van der Waals surface area contributed by atoms with Crippen LogP contribution in [0, 0.1) is 11.8 Å². The van der Waals surface area contributed by atoms with Crippen LogP contribution in [0.3, 0.4) is 0 Å². The van der Waals surface area contributed by atoms with E-state index in [4.69, 9.17) is 4.74 Å². The molecular weight excluding hydrogens is 202 g/mol. The fourth-order valence-electron chi connectivity index (χ4n) is 1.89. The molecule has 1 atom stereocenters. The molecule has 3 heteroatoms. The second kappa shape index (κ2) is 6.24. The summed E-state index contributed by atoms with van der Waals surface area (Å²) in [6, 6.07) is 0. The summed E-state index contributed by atoms with van der Waals surface area (Å²) >= 11 is 0. The molecule has 1 fully saturated rings. The van der Waals surface area contributed by atoms with Crippen LogP contribution in [0.5, 0.6) is 0 Å². The number of piperidine rings is 1. The van der Waals surface area contributed by atoms with Gasteiger partial charge in [-0.2, -0.15) is 0 Å². The Hall–Kier alpha value is -0.570. The predicted octanol–water partition coefficient (Wildman–Crippen LogP) is 2.31. The lowest BCUT2D eigenvalue weighted by molar-refractivity contribution is -0.144. The van der Waals surface area contributed by atoms with Gasteiger partial charge in [0.25, 0.3) is 5.91 Å². The number of carbonyl (C=O) groups excluding carboxylic acids is 1. The molecule has 0 bridgehead atoms. The molecule has 1 heterocycles. The maximum Gasteiger partial charge on any atom is 0.251 e. The third-order valence-corrected chi connectivity index (χ3v) is 3.12. The molecular formula is C13H25NO2. The van der Waals surface area contributed by atoms with Gasteiger partial charge in [-0.1, -0.05) is 20.8 Å². The van der Waals surface area contributed by atoms with Crippen molar-refractivity contribution in [3.63, 3.8) is 0 Å². The fraction of sp³-hybridized carbons (Fsp3) is 0.923. The minimum absolute atomic E-state index is 0.160. The quantitative estimate of drug-likeness (QED) is 0.737. The Bertz CT molecular complexity index is 220. The zero-order valence-electron chi connectivity index (χ0n) is 11.0. The first-order valence-electron chi connectivity index (χ1n) is 6.41. The SMILES string of the molecule is CC(C)CO[C@H](C)C(=O)N1CCC(C)CC1. The third kappa shape index (κ3) is 4.12. The second-order valence-corrected chi connectivity index (χ2v) is 5.38. The van der Waals surface area contributed by atoms with Gasteiger partial charge in [-0.05, 0) is 31.6 Å². The first kappa shape index (κ1) is 13.5. The second-order valence-electron chi connectivity index (χ2n) is 5.38. The zero-order chi connectivity index (χ0) is 12.1. The van der Waals surface area contributed by atoms with Crippen molar-refractivity contribution in [2.24, 2.45) is 11.8 Å². The van der Waals surface area contributed by atoms with Crippen LogP contribution in [-0.2, 0) is 9.53 Å². The van der Waals surface area contributed by atoms with Crippen molar-refractivity contribution < 1.29 is 9.53 Å². The molecule has 1 amide bonds. The van der Waals surface area contributed by atoms with Crippen molar-refractivity contribution >= 4 is 5.91 Å². The Labute approximate surface area is 99.1 Å². The summed E-state index contributed by atoms with van der Waals surface area (Å²) in [7, 11) is 0. The third-order valence-electron chi connectivity index (χ3n) is 3.12. The van der Waals surface area contributed by atoms with E-state index in [0.717, 1.165) is 31.8 Å². The average molecular weight is 227 g/mol. The van der Waals surface area contributed by atoms with Gasteiger partial charge in [0.05, 0.1) is 0 Å². The molecule has 16 heavy (non-hydrogen) atoms. The van der Waals surface area contributed by atoms with Gasteiger partial charge in [-0.25, -0.2) is 0 Å². The topological polar surface area (TPSA) is 29.5 Å². The molecule has 0 aromatic carbocycles. The lowest BCUT2D eigenvalue weighted by atomic mass is 9.99. The Morgan fingerprint density at radius 2 is 1.88 bits per heavy atom. The van der Waals surface area contributed by atoms with Crippen LogP contribution in [0.2, 0.25) is 0 Å². The molecule has 0 aromatic rings. The van der Waals surface area contributed by atoms with Gasteiger partial charge in [0.2, 0.25) is 0 Å². The van der Waals surface area contributed by atoms with E-state index in [1.54, 1.807) is 0 Å². The molecule has 0 aromatic heterocycles. The van der Waals surface area contributed by atoms with E-state index in [2.05, 4.69) is 20.8 Å². The monoisotopic (exact) mass is 227 g/mol. The Morgan fingerprint density at radius 1 is 1.31 bits per heavy atom. The van der Waals surface area contributed by atoms with Crippen molar-refractivity contribution in [1.29, 1.82) is 0 Å². The normalized spacial score (nSPS) is 20.2. The van der Waals surface area contributed by atoms with E-state index in [1.165, 1.54) is 0 Å². The number of likely N-dealkylation sites (tertiary alicyclic amines) is 1. The molecule has 1 aliphatic rings. The van der Waals surface area contributed by atoms with Crippen molar-refractivity contribution in [2.75, 3.05) is 19.7 Å². The molecule has 94 valence electrons. The van der Waals surface area contributed by atoms with E-state index in [-0.39, 0.29) is 12.0 Å². The number of rotatable bonds is 4. The van der Waals surface area contributed by atoms with Crippen LogP contribution in [0.25, 0.3) is 0 Å². The summed E-state index contributed by atoms with van der Waals surface area (Å²) in [5.74, 6) is 1.40. The van der Waals surface area contributed by atoms with Crippen molar-refractivity contribution in [2.45, 2.75) is 46.6 Å². The van der Waals surface area contributed by atoms with Crippen molar-refractivity contribution in [3.8, 4) is 0 Å². The zero-order valence-corrected chi connectivity index (χ0v) is 11.0. The first-order chi connectivity index (χ1) is 7.50. The average Bonchev–Trinajstić information content (AvgIpc) is 2.26. The van der Waals surface area contributed by atoms with Crippen LogP contribution in [-0.4, -0.2) is 36.6 Å². The summed E-state index contributed by atoms with van der Waals surface area (Å²) in [5.41, 5.74) is 0. The summed E-state index contributed by atoms with van der Waals surface area (Å²) in [4.78, 5) is 14.0. The summed E-state index contributed by atoms with van der Waals surface area (Å²) in [6.45, 7) is 10.8. The van der Waals surface area contributed by atoms with Gasteiger partial charge in [-0.15, -0.1) is 0 Å². The minimum Gasteiger partial charge on any atom is -0.368 e. The smallest absolute Gasteiger partial charge is 0.251 e. The Morgan fingerprint density at radius 3 is 2.38 bits per heavy atom. The van der Waals surface area contributed by atoms with E-state index in [1.807, 2.05) is 11.8 Å². The first-order valence-corrected chi connectivity index (χ1v) is 6.41. The number of hydrogen-bond donors (Lipinski definition) is 0. The van der Waals surface area contributed by atoms with E-state index in [9.17, 15) is 4.79 Å². The number of hydrogen-bond acceptors (Lipinski definition) is 2. The van der Waals surface area contributed by atoms with Crippen LogP contribution in [0.1, 0.15) is 40.5 Å². The molecule has 0 unspecified atom stereocenters. The van der Waals surface area contributed by atoms with Gasteiger partial charge in [0.1, 0.15) is 6.10 Å². The summed E-state index contributed by atoms with van der Waals surface area (Å²) in [6.07, 6.45) is 1.97. The van der Waals surface area contributed by atoms with Crippen LogP contribution >= 0.6 is 0 Å². The van der Waals surface area contributed by atoms with Gasteiger partial charge in [0, 0.05) is 19.7 Å². The van der Waals surface area contributed by atoms with E-state index < -0.39 is 0 Å². The van der Waals surface area contributed by atoms with E-state index in [0.29, 0.717) is 12.5 Å². The summed E-state index contributed by atoms with van der Waals surface area (Å²) in [5, 5.41) is 0. The van der Waals surface area contributed by atoms with Gasteiger partial charge in [0.15, 0.2) is 0 Å². The number of ether oxygens (including phenoxy) is 1. The highest BCUT2D eigenvalue weighted by atomic mass is 16.5. The molecule has 3 nitrogen and oxygen atoms in total. The Kier molecular flexibility index (Phi) is 5.26. The molecule has 0 spiro atoms. The highest BCUT2D eigenvalue weighted by molar-refractivity contribution is 5.80. The highest BCUT2D eigenvalue weighted by Gasteiger charge is 2.24. The maximum atomic E-state index is 12.0. The molecule has 1 aliphatic heterocycles. The predicted molar refractivity (Wildman–Crippen MR) is 65.2 cm³/mol. The molecule has 0 saturated carbocycles. The van der Waals surface area contributed by atoms with Crippen molar-refractivity contribution in [3.05, 3.63) is 0 Å². The van der Waals surface area contributed by atoms with Crippen LogP contribution in [0.4, 0.5) is 0 Å². The number of nitrogens with zero attached hydrogens (tertiary/aromatic N) is 1. The highest BCUT2D eigenvalue weighted by Crippen LogP contribution is 2.17. The van der Waals surface area contributed by atoms with Crippen LogP contribution in [0.15, 0.2) is 0 Å². The Balaban J connectivity index is 2.32. The van der Waals surface area contributed by atoms with Gasteiger partial charge < -0.3 is 9.64 Å². The maximum absolute atomic E-state index is 12.0. The van der Waals surface area contributed by atoms with Crippen molar-refractivity contribution in [1.82, 2.24) is 4.90 Å². The molecule has 0 aliphatic carbocycles. The molecule has 0 radical (unpaired) electrons. The van der Waals surface area contributed by atoms with E-state index >= 15 is 0 Å². The lowest BCUT2D eigenvalue weighted by Gasteiger charge is -2.32. The largest absolute Gasteiger partial charge is 0.368 e. The lowest BCUT2D eigenvalue weighted by Crippen LogP contribution is -2.43. The van der Waals surface area contributed by atoms with Gasteiger partial charge in [-0.3, -0.25) is 4.79 Å². The number of amides is 1. The summed E-state index contributed by atoms with van der Waals surface area (Å²) < 4.78 is 5.55. The standard InChI is InChI=1S/C13H25NO2/c1-10(2)9-16-12(4)13(15)14-7-5-11(3)6-8-14/h10-12H,5-9H2,1-4H3/t12-/m1/s1. The van der Waals surface area contributed by atoms with Crippen LogP contribution < -0.4 is 0 Å². The minimum atomic E-state index is -0.282. The molecule has 0 N–H and O–H groups in total. The van der Waals surface area contributed by atoms with Gasteiger partial charge >= 0.3 is 0 Å².